The molecule has 2 aliphatic carbocycles. The highest BCUT2D eigenvalue weighted by molar-refractivity contribution is 5.95. The summed E-state index contributed by atoms with van der Waals surface area (Å²) in [5.74, 6) is 0.0183. The third-order valence-electron chi connectivity index (χ3n) is 7.05. The molecule has 4 heteroatoms. The van der Waals surface area contributed by atoms with Crippen LogP contribution in [0.2, 0.25) is 0 Å². The van der Waals surface area contributed by atoms with Gasteiger partial charge in [0, 0.05) is 11.5 Å². The van der Waals surface area contributed by atoms with E-state index >= 15 is 0 Å². The average Bonchev–Trinajstić information content (AvgIpc) is 2.96. The fraction of sp³-hybridized carbons (Fsp3) is 0.542. The molecular formula is C24H32O4. The third-order valence-corrected chi connectivity index (χ3v) is 7.05. The van der Waals surface area contributed by atoms with E-state index in [9.17, 15) is 15.0 Å². The van der Waals surface area contributed by atoms with Crippen LogP contribution in [-0.4, -0.2) is 23.3 Å². The lowest BCUT2D eigenvalue weighted by molar-refractivity contribution is -0.0351. The summed E-state index contributed by atoms with van der Waals surface area (Å²) < 4.78 is 4.87. The number of ether oxygens (including phenoxy) is 1. The van der Waals surface area contributed by atoms with Crippen LogP contribution in [0, 0.1) is 24.2 Å². The van der Waals surface area contributed by atoms with Crippen LogP contribution in [-0.2, 0) is 4.74 Å². The van der Waals surface area contributed by atoms with Gasteiger partial charge in [0.2, 0.25) is 0 Å². The molecule has 1 aromatic carbocycles. The quantitative estimate of drug-likeness (QED) is 0.510. The van der Waals surface area contributed by atoms with E-state index < -0.39 is 5.97 Å². The molecule has 1 aromatic rings. The minimum atomic E-state index is -0.580. The number of aromatic hydroxyl groups is 2. The van der Waals surface area contributed by atoms with Crippen LogP contribution in [0.15, 0.2) is 29.9 Å². The number of carbonyl (C=O) groups is 1. The molecule has 0 aromatic heterocycles. The van der Waals surface area contributed by atoms with Gasteiger partial charge in [0.15, 0.2) is 0 Å². The van der Waals surface area contributed by atoms with Crippen molar-refractivity contribution >= 4 is 5.97 Å². The Labute approximate surface area is 167 Å². The minimum Gasteiger partial charge on any atom is -0.508 e. The monoisotopic (exact) mass is 384 g/mol. The van der Waals surface area contributed by atoms with E-state index in [-0.39, 0.29) is 34.3 Å². The van der Waals surface area contributed by atoms with Crippen molar-refractivity contribution in [1.29, 1.82) is 0 Å². The maximum absolute atomic E-state index is 12.3. The number of carbonyl (C=O) groups excluding carboxylic acids is 1. The highest BCUT2D eigenvalue weighted by Gasteiger charge is 2.62. The van der Waals surface area contributed by atoms with E-state index in [1.54, 1.807) is 13.0 Å². The molecule has 0 heterocycles. The zero-order chi connectivity index (χ0) is 20.8. The summed E-state index contributed by atoms with van der Waals surface area (Å²) in [5, 5.41) is 21.8. The predicted molar refractivity (Wildman–Crippen MR) is 111 cm³/mol. The lowest BCUT2D eigenvalue weighted by Crippen LogP contribution is -2.51. The molecule has 28 heavy (non-hydrogen) atoms. The van der Waals surface area contributed by atoms with Gasteiger partial charge in [0.25, 0.3) is 0 Å². The molecule has 4 atom stereocenters. The van der Waals surface area contributed by atoms with E-state index in [2.05, 4.69) is 33.4 Å². The number of esters is 1. The maximum atomic E-state index is 12.3. The number of allylic oxidation sites excluding steroid dienone is 3. The van der Waals surface area contributed by atoms with Crippen LogP contribution in [0.25, 0.3) is 0 Å². The molecule has 0 spiro atoms. The van der Waals surface area contributed by atoms with Gasteiger partial charge in [-0.15, -0.1) is 0 Å². The van der Waals surface area contributed by atoms with Crippen molar-refractivity contribution in [3.8, 4) is 11.5 Å². The van der Waals surface area contributed by atoms with Crippen LogP contribution in [0.5, 0.6) is 11.5 Å². The number of phenols is 2. The molecule has 3 rings (SSSR count). The van der Waals surface area contributed by atoms with Gasteiger partial charge in [-0.05, 0) is 75.3 Å². The number of rotatable bonds is 5. The number of hydrogen-bond donors (Lipinski definition) is 2. The maximum Gasteiger partial charge on any atom is 0.341 e. The first kappa shape index (κ1) is 20.5. The summed E-state index contributed by atoms with van der Waals surface area (Å²) in [6, 6.07) is 1.57. The first-order chi connectivity index (χ1) is 13.1. The van der Waals surface area contributed by atoms with Crippen LogP contribution in [0.4, 0.5) is 0 Å². The number of aryl methyl sites for hydroxylation is 1. The van der Waals surface area contributed by atoms with E-state index in [1.807, 2.05) is 0 Å². The van der Waals surface area contributed by atoms with Crippen LogP contribution in [0.1, 0.15) is 73.9 Å². The molecule has 152 valence electrons. The Balaban J connectivity index is 2.10. The van der Waals surface area contributed by atoms with Gasteiger partial charge in [-0.3, -0.25) is 0 Å². The van der Waals surface area contributed by atoms with Gasteiger partial charge in [-0.2, -0.15) is 0 Å². The molecule has 2 aliphatic rings. The predicted octanol–water partition coefficient (Wildman–Crippen LogP) is 5.63. The van der Waals surface area contributed by atoms with Gasteiger partial charge in [-0.1, -0.05) is 30.7 Å². The zero-order valence-corrected chi connectivity index (χ0v) is 17.6. The molecule has 0 radical (unpaired) electrons. The number of hydrogen-bond acceptors (Lipinski definition) is 4. The lowest BCUT2D eigenvalue weighted by atomic mass is 9.45. The smallest absolute Gasteiger partial charge is 0.341 e. The molecule has 2 fully saturated rings. The zero-order valence-electron chi connectivity index (χ0n) is 17.6. The standard InChI is InChI=1S/C24H32O4/c1-13(2)8-7-11-24(5)16-10-9-14(3)18(16)21(24)20-17(25)12-15(4)19(22(20)26)23(27)28-6/h8,12,16,18,21,25-26H,3,7,9-11H2,1-2,4-6H3/t16-,18+,21+,24-/m1/s1. The van der Waals surface area contributed by atoms with Crippen molar-refractivity contribution < 1.29 is 19.7 Å². The van der Waals surface area contributed by atoms with Crippen molar-refractivity contribution in [2.75, 3.05) is 7.11 Å². The number of benzene rings is 1. The van der Waals surface area contributed by atoms with Crippen LogP contribution >= 0.6 is 0 Å². The summed E-state index contributed by atoms with van der Waals surface area (Å²) >= 11 is 0. The van der Waals surface area contributed by atoms with Crippen molar-refractivity contribution in [3.05, 3.63) is 46.6 Å². The van der Waals surface area contributed by atoms with Gasteiger partial charge in [0.1, 0.15) is 17.1 Å². The summed E-state index contributed by atoms with van der Waals surface area (Å²) in [6.07, 6.45) is 6.26. The number of phenolic OH excluding ortho intramolecular Hbond substituents is 2. The molecule has 0 unspecified atom stereocenters. The Morgan fingerprint density at radius 2 is 2.07 bits per heavy atom. The second-order valence-electron chi connectivity index (χ2n) is 8.97. The highest BCUT2D eigenvalue weighted by Crippen LogP contribution is 2.72. The van der Waals surface area contributed by atoms with Crippen molar-refractivity contribution in [2.45, 2.75) is 59.3 Å². The Morgan fingerprint density at radius 3 is 2.68 bits per heavy atom. The fourth-order valence-corrected chi connectivity index (χ4v) is 5.69. The van der Waals surface area contributed by atoms with Gasteiger partial charge < -0.3 is 14.9 Å². The summed E-state index contributed by atoms with van der Waals surface area (Å²) in [4.78, 5) is 12.3. The van der Waals surface area contributed by atoms with Crippen molar-refractivity contribution in [1.82, 2.24) is 0 Å². The largest absolute Gasteiger partial charge is 0.508 e. The van der Waals surface area contributed by atoms with E-state index in [4.69, 9.17) is 4.74 Å². The fourth-order valence-electron chi connectivity index (χ4n) is 5.69. The number of fused-ring (bicyclic) bond motifs is 1. The second-order valence-corrected chi connectivity index (χ2v) is 8.97. The SMILES string of the molecule is C=C1CC[C@@H]2[C@H]1[C@@H](c1c(O)cc(C)c(C(=O)OC)c1O)[C@]2(C)CCC=C(C)C. The molecule has 2 N–H and O–H groups in total. The van der Waals surface area contributed by atoms with Gasteiger partial charge in [-0.25, -0.2) is 4.79 Å². The number of methoxy groups -OCH3 is 1. The Morgan fingerprint density at radius 1 is 1.39 bits per heavy atom. The Hall–Kier alpha value is -2.23. The second kappa shape index (κ2) is 7.31. The normalized spacial score (nSPS) is 28.5. The third kappa shape index (κ3) is 3.03. The van der Waals surface area contributed by atoms with Crippen molar-refractivity contribution in [3.63, 3.8) is 0 Å². The van der Waals surface area contributed by atoms with Crippen LogP contribution in [0.3, 0.4) is 0 Å². The molecule has 0 bridgehead atoms. The van der Waals surface area contributed by atoms with Crippen LogP contribution < -0.4 is 0 Å². The molecule has 2 saturated carbocycles. The highest BCUT2D eigenvalue weighted by atomic mass is 16.5. The molecular weight excluding hydrogens is 352 g/mol. The molecule has 0 amide bonds. The van der Waals surface area contributed by atoms with E-state index in [1.165, 1.54) is 18.3 Å². The van der Waals surface area contributed by atoms with E-state index in [0.29, 0.717) is 17.0 Å². The topological polar surface area (TPSA) is 66.8 Å². The van der Waals surface area contributed by atoms with E-state index in [0.717, 1.165) is 25.7 Å². The Bertz CT molecular complexity index is 847. The average molecular weight is 385 g/mol. The molecule has 4 nitrogen and oxygen atoms in total. The first-order valence-corrected chi connectivity index (χ1v) is 10.1. The Kier molecular flexibility index (Phi) is 5.35. The lowest BCUT2D eigenvalue weighted by Gasteiger charge is -2.59. The molecule has 0 saturated heterocycles. The summed E-state index contributed by atoms with van der Waals surface area (Å²) in [5.41, 5.74) is 3.56. The van der Waals surface area contributed by atoms with Gasteiger partial charge in [0.05, 0.1) is 7.11 Å². The molecule has 0 aliphatic heterocycles. The first-order valence-electron chi connectivity index (χ1n) is 10.1. The van der Waals surface area contributed by atoms with Gasteiger partial charge >= 0.3 is 5.97 Å². The summed E-state index contributed by atoms with van der Waals surface area (Å²) in [7, 11) is 1.30. The van der Waals surface area contributed by atoms with Crippen molar-refractivity contribution in [2.24, 2.45) is 17.3 Å². The summed E-state index contributed by atoms with van der Waals surface area (Å²) in [6.45, 7) is 12.4. The minimum absolute atomic E-state index is 0.0536.